The Morgan fingerprint density at radius 3 is 0.923 bits per heavy atom. The number of thiol groups is 2. The van der Waals surface area contributed by atoms with Crippen molar-refractivity contribution < 1.29 is 26.4 Å². The normalized spacial score (nSPS) is 4.92. The van der Waals surface area contributed by atoms with Crippen LogP contribution in [0.15, 0.2) is 0 Å². The average Bonchev–Trinajstić information content (AvgIpc) is 2.23. The van der Waals surface area contributed by atoms with E-state index in [1.165, 1.54) is 0 Å². The van der Waals surface area contributed by atoms with Crippen LogP contribution in [0.2, 0.25) is 0 Å². The van der Waals surface area contributed by atoms with E-state index in [9.17, 15) is 0 Å². The molecule has 0 heterocycles. The molecular formula is C6H14FeN2O2S2. The first-order chi connectivity index (χ1) is 5.83. The van der Waals surface area contributed by atoms with Gasteiger partial charge >= 0.3 is 22.6 Å². The molecule has 80 valence electrons. The minimum absolute atomic E-state index is 0. The molecule has 0 rings (SSSR count). The maximum Gasteiger partial charge on any atom is 0 e. The molecule has 0 amide bonds. The van der Waals surface area contributed by atoms with Crippen molar-refractivity contribution in [2.45, 2.75) is 0 Å². The largest absolute Gasteiger partial charge is 0 e. The molecule has 0 radical (unpaired) electrons. The van der Waals surface area contributed by atoms with E-state index in [1.54, 1.807) is 0 Å². The molecule has 4 nitrogen and oxygen atoms in total. The van der Waals surface area contributed by atoms with Crippen molar-refractivity contribution in [1.29, 1.82) is 0 Å². The Labute approximate surface area is 101 Å². The number of hydrogen-bond acceptors (Lipinski definition) is 4. The van der Waals surface area contributed by atoms with E-state index in [1.807, 2.05) is 0 Å². The molecule has 0 aliphatic rings. The fraction of sp³-hybridized carbons (Fsp3) is 0.667. The van der Waals surface area contributed by atoms with Crippen LogP contribution >= 0.6 is 25.3 Å². The van der Waals surface area contributed by atoms with E-state index in [0.717, 1.165) is 11.5 Å². The van der Waals surface area contributed by atoms with E-state index >= 15 is 0 Å². The van der Waals surface area contributed by atoms with Gasteiger partial charge in [0.2, 0.25) is 0 Å². The minimum atomic E-state index is 0. The fourth-order valence-corrected chi connectivity index (χ4v) is 0. The Balaban J connectivity index is -0.0000000226. The average molecular weight is 266 g/mol. The molecule has 4 N–H and O–H groups in total. The van der Waals surface area contributed by atoms with Crippen molar-refractivity contribution in [3.8, 4) is 0 Å². The van der Waals surface area contributed by atoms with E-state index in [4.69, 9.17) is 20.8 Å². The van der Waals surface area contributed by atoms with Gasteiger partial charge in [0.15, 0.2) is 0 Å². The van der Waals surface area contributed by atoms with Crippen LogP contribution < -0.4 is 11.5 Å². The molecule has 0 aromatic carbocycles. The predicted octanol–water partition coefficient (Wildman–Crippen LogP) is -0.328. The third-order valence-corrected chi connectivity index (χ3v) is 0.775. The zero-order valence-corrected chi connectivity index (χ0v) is 9.94. The van der Waals surface area contributed by atoms with Gasteiger partial charge in [0.05, 0.1) is 0 Å². The van der Waals surface area contributed by atoms with Gasteiger partial charge < -0.3 is 11.5 Å². The van der Waals surface area contributed by atoms with Crippen LogP contribution in [-0.4, -0.2) is 24.6 Å². The van der Waals surface area contributed by atoms with E-state index in [-0.39, 0.29) is 17.1 Å². The van der Waals surface area contributed by atoms with Gasteiger partial charge in [-0.1, -0.05) is 0 Å². The van der Waals surface area contributed by atoms with Crippen molar-refractivity contribution in [1.82, 2.24) is 0 Å². The molecular weight excluding hydrogens is 252 g/mol. The summed E-state index contributed by atoms with van der Waals surface area (Å²) >= 11 is 7.59. The minimum Gasteiger partial charge on any atom is 0 e. The maximum absolute atomic E-state index is 7.50. The third-order valence-electron chi connectivity index (χ3n) is 0.258. The van der Waals surface area contributed by atoms with Crippen LogP contribution in [0.25, 0.3) is 0 Å². The summed E-state index contributed by atoms with van der Waals surface area (Å²) < 4.78 is 15.0. The topological polar surface area (TPSA) is 91.8 Å². The van der Waals surface area contributed by atoms with Crippen LogP contribution in [0.1, 0.15) is 0 Å². The van der Waals surface area contributed by atoms with Crippen LogP contribution in [0.4, 0.5) is 0 Å². The van der Waals surface area contributed by atoms with Crippen LogP contribution in [0.3, 0.4) is 0 Å². The smallest absolute Gasteiger partial charge is 0 e. The van der Waals surface area contributed by atoms with Gasteiger partial charge in [0.1, 0.15) is 0 Å². The molecule has 0 atom stereocenters. The summed E-state index contributed by atoms with van der Waals surface area (Å²) in [6.45, 7) is 10.4. The van der Waals surface area contributed by atoms with E-state index in [0.29, 0.717) is 13.1 Å². The first kappa shape index (κ1) is 29.2. The first-order valence-corrected chi connectivity index (χ1v) is 4.12. The fourth-order valence-electron chi connectivity index (χ4n) is 0. The molecule has 0 spiro atoms. The molecule has 13 heavy (non-hydrogen) atoms. The van der Waals surface area contributed by atoms with Gasteiger partial charge in [-0.25, -0.2) is 0 Å². The summed E-state index contributed by atoms with van der Waals surface area (Å²) in [4.78, 5) is 0. The zero-order valence-electron chi connectivity index (χ0n) is 7.05. The van der Waals surface area contributed by atoms with Gasteiger partial charge in [-0.15, -0.1) is 0 Å². The van der Waals surface area contributed by atoms with Crippen molar-refractivity contribution in [3.05, 3.63) is 13.3 Å². The van der Waals surface area contributed by atoms with Crippen molar-refractivity contribution in [2.24, 2.45) is 11.5 Å². The van der Waals surface area contributed by atoms with Gasteiger partial charge in [0, 0.05) is 41.7 Å². The second-order valence-corrected chi connectivity index (χ2v) is 1.92. The quantitative estimate of drug-likeness (QED) is 0.238. The zero-order chi connectivity index (χ0) is 10.8. The summed E-state index contributed by atoms with van der Waals surface area (Å²) in [7, 11) is 0. The van der Waals surface area contributed by atoms with Crippen LogP contribution in [0, 0.1) is 13.3 Å². The Bertz CT molecular complexity index is 69.5. The standard InChI is InChI=1S/2C2H7NS.2CO.Fe/c2*3-1-2-4;2*1-2;/h2*4H,1-3H2;;;. The number of hydrogen-bond donors (Lipinski definition) is 4. The number of nitrogens with two attached hydrogens (primary N) is 2. The Morgan fingerprint density at radius 2 is 0.923 bits per heavy atom. The Morgan fingerprint density at radius 1 is 0.846 bits per heavy atom. The van der Waals surface area contributed by atoms with Gasteiger partial charge in [-0.3, -0.25) is 0 Å². The van der Waals surface area contributed by atoms with E-state index in [2.05, 4.69) is 38.6 Å². The molecule has 0 saturated carbocycles. The van der Waals surface area contributed by atoms with Crippen molar-refractivity contribution >= 4 is 25.3 Å². The Kier molecular flexibility index (Phi) is 179. The molecule has 0 fully saturated rings. The van der Waals surface area contributed by atoms with Crippen LogP contribution in [-0.2, 0) is 26.4 Å². The molecule has 0 aromatic rings. The molecule has 0 unspecified atom stereocenters. The van der Waals surface area contributed by atoms with Gasteiger partial charge in [0.25, 0.3) is 0 Å². The van der Waals surface area contributed by atoms with Gasteiger partial charge in [-0.2, -0.15) is 25.3 Å². The molecule has 0 aliphatic carbocycles. The summed E-state index contributed by atoms with van der Waals surface area (Å²) in [5.41, 5.74) is 9.90. The summed E-state index contributed by atoms with van der Waals surface area (Å²) in [6, 6.07) is 0. The number of rotatable bonds is 2. The first-order valence-electron chi connectivity index (χ1n) is 2.86. The SMILES string of the molecule is NCCS.NCCS.[C-]#[O+].[C-]#[O+].[Fe]. The van der Waals surface area contributed by atoms with Crippen molar-refractivity contribution in [2.75, 3.05) is 24.6 Å². The third kappa shape index (κ3) is 207. The Hall–Kier alpha value is 0.619. The molecule has 0 bridgehead atoms. The summed E-state index contributed by atoms with van der Waals surface area (Å²) in [6.07, 6.45) is 0. The summed E-state index contributed by atoms with van der Waals surface area (Å²) in [5, 5.41) is 0. The predicted molar refractivity (Wildman–Crippen MR) is 53.7 cm³/mol. The maximum atomic E-state index is 7.50. The van der Waals surface area contributed by atoms with E-state index < -0.39 is 0 Å². The second-order valence-electron chi connectivity index (χ2n) is 1.02. The molecule has 0 saturated heterocycles. The summed E-state index contributed by atoms with van der Waals surface area (Å²) in [5.74, 6) is 1.58. The molecule has 0 aromatic heterocycles. The second kappa shape index (κ2) is 79.8. The van der Waals surface area contributed by atoms with Gasteiger partial charge in [-0.05, 0) is 0 Å². The molecule has 0 aliphatic heterocycles. The van der Waals surface area contributed by atoms with Crippen molar-refractivity contribution in [3.63, 3.8) is 0 Å². The monoisotopic (exact) mass is 266 g/mol. The van der Waals surface area contributed by atoms with Crippen LogP contribution in [0.5, 0.6) is 0 Å². The molecule has 7 heteroatoms.